The van der Waals surface area contributed by atoms with E-state index in [1.807, 2.05) is 29.3 Å². The van der Waals surface area contributed by atoms with E-state index in [9.17, 15) is 10.1 Å². The van der Waals surface area contributed by atoms with Crippen molar-refractivity contribution >= 4 is 34.3 Å². The number of pyridine rings is 1. The lowest BCUT2D eigenvalue weighted by atomic mass is 10.1. The number of hydrogen-bond acceptors (Lipinski definition) is 11. The van der Waals surface area contributed by atoms with Crippen molar-refractivity contribution < 1.29 is 9.53 Å². The largest absolute Gasteiger partial charge is 0.370 e. The molecule has 3 aromatic rings. The van der Waals surface area contributed by atoms with Gasteiger partial charge in [-0.1, -0.05) is 0 Å². The van der Waals surface area contributed by atoms with Crippen molar-refractivity contribution in [2.75, 3.05) is 93.2 Å². The van der Waals surface area contributed by atoms with Gasteiger partial charge in [0.1, 0.15) is 11.9 Å². The van der Waals surface area contributed by atoms with E-state index in [4.69, 9.17) is 9.72 Å². The van der Waals surface area contributed by atoms with Gasteiger partial charge in [-0.3, -0.25) is 14.7 Å². The highest BCUT2D eigenvalue weighted by Gasteiger charge is 2.31. The van der Waals surface area contributed by atoms with Gasteiger partial charge in [0.15, 0.2) is 0 Å². The first-order valence-corrected chi connectivity index (χ1v) is 16.3. The number of benzene rings is 1. The average Bonchev–Trinajstić information content (AvgIpc) is 3.63. The standard InChI is InChI=1S/C33H42N10O2/c1-24-21-43(29-7-6-25(20-34)31-27(29)4-2-10-36-31)23-26(45-24)22-39-12-14-40(15-13-39)30-8-11-37-33(38-30)42-18-16-41(17-19-42)32(44)28-5-3-9-35-28/h2,4,6-8,10-11,24,26,28,35H,3,5,9,12-19,21-23H2,1H3/t24-,26+,28?/m1/s1. The minimum absolute atomic E-state index is 0.0118. The van der Waals surface area contributed by atoms with Gasteiger partial charge >= 0.3 is 0 Å². The maximum absolute atomic E-state index is 12.8. The molecule has 4 fully saturated rings. The fraction of sp³-hybridized carbons (Fsp3) is 0.545. The molecule has 6 heterocycles. The highest BCUT2D eigenvalue weighted by atomic mass is 16.5. The van der Waals surface area contributed by atoms with E-state index in [1.54, 1.807) is 6.20 Å². The summed E-state index contributed by atoms with van der Waals surface area (Å²) >= 11 is 0. The van der Waals surface area contributed by atoms with E-state index in [0.29, 0.717) is 18.7 Å². The van der Waals surface area contributed by atoms with Crippen LogP contribution < -0.4 is 20.0 Å². The molecule has 4 aliphatic heterocycles. The number of carbonyl (C=O) groups excluding carboxylic acids is 1. The van der Waals surface area contributed by atoms with Crippen molar-refractivity contribution in [1.82, 2.24) is 30.1 Å². The van der Waals surface area contributed by atoms with E-state index in [2.05, 4.69) is 60.0 Å². The molecule has 4 saturated heterocycles. The van der Waals surface area contributed by atoms with Crippen LogP contribution in [0.15, 0.2) is 42.7 Å². The number of ether oxygens (including phenoxy) is 1. The Morgan fingerprint density at radius 3 is 2.58 bits per heavy atom. The molecule has 236 valence electrons. The number of rotatable bonds is 6. The molecule has 4 aliphatic rings. The molecule has 1 amide bonds. The molecular formula is C33H42N10O2. The molecule has 7 rings (SSSR count). The van der Waals surface area contributed by atoms with Crippen molar-refractivity contribution in [1.29, 1.82) is 5.26 Å². The fourth-order valence-electron chi connectivity index (χ4n) is 7.22. The Morgan fingerprint density at radius 2 is 1.80 bits per heavy atom. The normalized spacial score (nSPS) is 24.7. The fourth-order valence-corrected chi connectivity index (χ4v) is 7.22. The van der Waals surface area contributed by atoms with Gasteiger partial charge in [-0.2, -0.15) is 10.2 Å². The number of nitriles is 1. The predicted octanol–water partition coefficient (Wildman–Crippen LogP) is 1.71. The van der Waals surface area contributed by atoms with E-state index in [0.717, 1.165) is 107 Å². The Hall–Kier alpha value is -4.05. The third-order valence-electron chi connectivity index (χ3n) is 9.55. The Balaban J connectivity index is 0.932. The lowest BCUT2D eigenvalue weighted by Crippen LogP contribution is -2.54. The van der Waals surface area contributed by atoms with E-state index >= 15 is 0 Å². The van der Waals surface area contributed by atoms with Gasteiger partial charge in [-0.25, -0.2) is 4.98 Å². The molecule has 0 bridgehead atoms. The van der Waals surface area contributed by atoms with Gasteiger partial charge in [0.05, 0.1) is 29.3 Å². The molecule has 0 radical (unpaired) electrons. The molecule has 12 heteroatoms. The van der Waals surface area contributed by atoms with Gasteiger partial charge in [-0.15, -0.1) is 0 Å². The number of nitrogens with zero attached hydrogens (tertiary/aromatic N) is 9. The number of carbonyl (C=O) groups is 1. The van der Waals surface area contributed by atoms with Crippen LogP contribution in [-0.4, -0.2) is 127 Å². The summed E-state index contributed by atoms with van der Waals surface area (Å²) in [6, 6.07) is 12.2. The molecule has 3 atom stereocenters. The number of amides is 1. The number of aromatic nitrogens is 3. The summed E-state index contributed by atoms with van der Waals surface area (Å²) in [5.41, 5.74) is 2.47. The number of hydrogen-bond donors (Lipinski definition) is 1. The predicted molar refractivity (Wildman–Crippen MR) is 174 cm³/mol. The Bertz CT molecular complexity index is 1540. The maximum Gasteiger partial charge on any atom is 0.239 e. The number of fused-ring (bicyclic) bond motifs is 1. The van der Waals surface area contributed by atoms with Crippen LogP contribution in [0.25, 0.3) is 10.9 Å². The first kappa shape index (κ1) is 29.6. The van der Waals surface area contributed by atoms with E-state index < -0.39 is 0 Å². The Kier molecular flexibility index (Phi) is 8.65. The second-order valence-electron chi connectivity index (χ2n) is 12.6. The second-order valence-corrected chi connectivity index (χ2v) is 12.6. The molecule has 12 nitrogen and oxygen atoms in total. The zero-order valence-corrected chi connectivity index (χ0v) is 26.0. The van der Waals surface area contributed by atoms with Crippen molar-refractivity contribution in [3.05, 3.63) is 48.3 Å². The van der Waals surface area contributed by atoms with Crippen LogP contribution in [0.5, 0.6) is 0 Å². The molecule has 45 heavy (non-hydrogen) atoms. The zero-order chi connectivity index (χ0) is 30.8. The lowest BCUT2D eigenvalue weighted by Gasteiger charge is -2.42. The summed E-state index contributed by atoms with van der Waals surface area (Å²) in [6.45, 7) is 12.1. The van der Waals surface area contributed by atoms with Crippen LogP contribution in [0.4, 0.5) is 17.5 Å². The SMILES string of the molecule is C[C@@H]1CN(c2ccc(C#N)c3ncccc23)C[C@H](CN2CCN(c3ccnc(N4CCN(C(=O)C5CCCN5)CC4)n3)CC2)O1. The first-order chi connectivity index (χ1) is 22.1. The molecule has 0 aliphatic carbocycles. The molecule has 0 saturated carbocycles. The van der Waals surface area contributed by atoms with Crippen molar-refractivity contribution in [2.45, 2.75) is 38.0 Å². The maximum atomic E-state index is 12.8. The second kappa shape index (κ2) is 13.1. The molecule has 1 unspecified atom stereocenters. The quantitative estimate of drug-likeness (QED) is 0.440. The van der Waals surface area contributed by atoms with Crippen molar-refractivity contribution in [3.8, 4) is 6.07 Å². The average molecular weight is 611 g/mol. The van der Waals surface area contributed by atoms with Gasteiger partial charge in [0.2, 0.25) is 11.9 Å². The molecular weight excluding hydrogens is 568 g/mol. The van der Waals surface area contributed by atoms with E-state index in [-0.39, 0.29) is 24.2 Å². The molecule has 0 spiro atoms. The van der Waals surface area contributed by atoms with Gasteiger partial charge < -0.3 is 29.7 Å². The third-order valence-corrected chi connectivity index (χ3v) is 9.55. The van der Waals surface area contributed by atoms with Crippen molar-refractivity contribution in [2.24, 2.45) is 0 Å². The minimum atomic E-state index is -0.0118. The highest BCUT2D eigenvalue weighted by molar-refractivity contribution is 5.95. The van der Waals surface area contributed by atoms with Gasteiger partial charge in [0, 0.05) is 95.5 Å². The summed E-state index contributed by atoms with van der Waals surface area (Å²) in [5.74, 6) is 1.94. The number of piperazine rings is 2. The topological polar surface area (TPSA) is 117 Å². The van der Waals surface area contributed by atoms with Crippen LogP contribution in [0.2, 0.25) is 0 Å². The molecule has 1 N–H and O–H groups in total. The summed E-state index contributed by atoms with van der Waals surface area (Å²) in [6.07, 6.45) is 5.82. The summed E-state index contributed by atoms with van der Waals surface area (Å²) in [5, 5.41) is 13.9. The summed E-state index contributed by atoms with van der Waals surface area (Å²) in [4.78, 5) is 38.3. The van der Waals surface area contributed by atoms with Crippen LogP contribution in [0.1, 0.15) is 25.3 Å². The molecule has 2 aromatic heterocycles. The highest BCUT2D eigenvalue weighted by Crippen LogP contribution is 2.30. The van der Waals surface area contributed by atoms with Crippen LogP contribution in [-0.2, 0) is 9.53 Å². The van der Waals surface area contributed by atoms with E-state index in [1.165, 1.54) is 0 Å². The smallest absolute Gasteiger partial charge is 0.239 e. The van der Waals surface area contributed by atoms with Crippen LogP contribution >= 0.6 is 0 Å². The summed E-state index contributed by atoms with van der Waals surface area (Å²) < 4.78 is 6.42. The van der Waals surface area contributed by atoms with Crippen LogP contribution in [0, 0.1) is 11.3 Å². The Morgan fingerprint density at radius 1 is 0.978 bits per heavy atom. The number of nitrogens with one attached hydrogen (secondary N) is 1. The Labute approximate surface area is 264 Å². The number of morpholine rings is 1. The summed E-state index contributed by atoms with van der Waals surface area (Å²) in [7, 11) is 0. The van der Waals surface area contributed by atoms with Gasteiger partial charge in [0.25, 0.3) is 0 Å². The van der Waals surface area contributed by atoms with Gasteiger partial charge in [-0.05, 0) is 56.6 Å². The third kappa shape index (κ3) is 6.38. The lowest BCUT2D eigenvalue weighted by molar-refractivity contribution is -0.133. The molecule has 1 aromatic carbocycles. The minimum Gasteiger partial charge on any atom is -0.370 e. The number of anilines is 3. The zero-order valence-electron chi connectivity index (χ0n) is 26.0. The van der Waals surface area contributed by atoms with Crippen LogP contribution in [0.3, 0.4) is 0 Å². The van der Waals surface area contributed by atoms with Crippen molar-refractivity contribution in [3.63, 3.8) is 0 Å². The monoisotopic (exact) mass is 610 g/mol. The first-order valence-electron chi connectivity index (χ1n) is 16.3.